The number of amidine groups is 1. The number of nitrogens with two attached hydrogens (primary N) is 1. The van der Waals surface area contributed by atoms with Gasteiger partial charge in [-0.05, 0) is 61.9 Å². The summed E-state index contributed by atoms with van der Waals surface area (Å²) in [5, 5.41) is 9.27. The van der Waals surface area contributed by atoms with Gasteiger partial charge < -0.3 is 5.73 Å². The fourth-order valence-corrected chi connectivity index (χ4v) is 3.01. The Bertz CT molecular complexity index is 617. The maximum absolute atomic E-state index is 7.67. The minimum absolute atomic E-state index is 0.0393. The molecule has 98 valence electrons. The molecule has 4 nitrogen and oxygen atoms in total. The Hall–Kier alpha value is -1.88. The molecule has 0 aliphatic heterocycles. The molecule has 3 N–H and O–H groups in total. The molecule has 0 saturated carbocycles. The van der Waals surface area contributed by atoms with Crippen LogP contribution in [0.25, 0.3) is 0 Å². The summed E-state index contributed by atoms with van der Waals surface area (Å²) in [5.74, 6) is 0.0393. The van der Waals surface area contributed by atoms with Crippen molar-refractivity contribution in [3.8, 4) is 0 Å². The molecular formula is C14H16N4S. The van der Waals surface area contributed by atoms with Crippen molar-refractivity contribution in [3.63, 3.8) is 0 Å². The van der Waals surface area contributed by atoms with Gasteiger partial charge in [-0.15, -0.1) is 0 Å². The lowest BCUT2D eigenvalue weighted by Gasteiger charge is -2.09. The third-order valence-corrected chi connectivity index (χ3v) is 3.59. The van der Waals surface area contributed by atoms with Crippen molar-refractivity contribution in [2.75, 3.05) is 0 Å². The van der Waals surface area contributed by atoms with Crippen molar-refractivity contribution in [2.24, 2.45) is 5.73 Å². The first-order valence-electron chi connectivity index (χ1n) is 5.90. The fourth-order valence-electron chi connectivity index (χ4n) is 1.89. The third-order valence-electron chi connectivity index (χ3n) is 2.67. The zero-order valence-electron chi connectivity index (χ0n) is 11.2. The minimum Gasteiger partial charge on any atom is -0.384 e. The van der Waals surface area contributed by atoms with E-state index in [0.29, 0.717) is 5.56 Å². The SMILES string of the molecule is Cc1cc(C)nc(Sc2nccc(C)c2C(=N)N)c1. The van der Waals surface area contributed by atoms with Crippen molar-refractivity contribution in [2.45, 2.75) is 30.8 Å². The summed E-state index contributed by atoms with van der Waals surface area (Å²) >= 11 is 1.44. The molecule has 0 radical (unpaired) electrons. The van der Waals surface area contributed by atoms with Crippen molar-refractivity contribution >= 4 is 17.6 Å². The van der Waals surface area contributed by atoms with Gasteiger partial charge in [-0.1, -0.05) is 0 Å². The topological polar surface area (TPSA) is 75.7 Å². The second-order valence-electron chi connectivity index (χ2n) is 4.45. The first-order chi connectivity index (χ1) is 8.97. The summed E-state index contributed by atoms with van der Waals surface area (Å²) < 4.78 is 0. The van der Waals surface area contributed by atoms with E-state index in [1.54, 1.807) is 6.20 Å². The largest absolute Gasteiger partial charge is 0.384 e. The van der Waals surface area contributed by atoms with E-state index in [1.165, 1.54) is 11.8 Å². The highest BCUT2D eigenvalue weighted by atomic mass is 32.2. The molecule has 0 bridgehead atoms. The highest BCUT2D eigenvalue weighted by Gasteiger charge is 2.12. The van der Waals surface area contributed by atoms with Gasteiger partial charge in [0, 0.05) is 11.9 Å². The Morgan fingerprint density at radius 1 is 1.26 bits per heavy atom. The van der Waals surface area contributed by atoms with Gasteiger partial charge in [0.1, 0.15) is 15.9 Å². The summed E-state index contributed by atoms with van der Waals surface area (Å²) in [6.45, 7) is 5.93. The van der Waals surface area contributed by atoms with E-state index in [4.69, 9.17) is 11.1 Å². The number of rotatable bonds is 3. The van der Waals surface area contributed by atoms with Gasteiger partial charge in [0.25, 0.3) is 0 Å². The number of aromatic nitrogens is 2. The third kappa shape index (κ3) is 3.12. The Morgan fingerprint density at radius 3 is 2.63 bits per heavy atom. The maximum Gasteiger partial charge on any atom is 0.125 e. The molecular weight excluding hydrogens is 256 g/mol. The molecule has 19 heavy (non-hydrogen) atoms. The second kappa shape index (κ2) is 5.40. The lowest BCUT2D eigenvalue weighted by atomic mass is 10.1. The summed E-state index contributed by atoms with van der Waals surface area (Å²) in [4.78, 5) is 8.79. The molecule has 2 aromatic rings. The smallest absolute Gasteiger partial charge is 0.125 e. The molecule has 0 aliphatic carbocycles. The molecule has 2 heterocycles. The van der Waals surface area contributed by atoms with Crippen LogP contribution in [0.2, 0.25) is 0 Å². The standard InChI is InChI=1S/C14H16N4S/c1-8-6-10(3)18-11(7-8)19-14-12(13(15)16)9(2)4-5-17-14/h4-7H,1-3H3,(H3,15,16). The first-order valence-corrected chi connectivity index (χ1v) is 6.72. The molecule has 0 aliphatic rings. The number of hydrogen-bond donors (Lipinski definition) is 2. The number of nitrogen functional groups attached to an aromatic ring is 1. The van der Waals surface area contributed by atoms with Crippen LogP contribution in [0.4, 0.5) is 0 Å². The monoisotopic (exact) mass is 272 g/mol. The molecule has 5 heteroatoms. The predicted octanol–water partition coefficient (Wildman–Crippen LogP) is 2.84. The van der Waals surface area contributed by atoms with Gasteiger partial charge in [0.2, 0.25) is 0 Å². The van der Waals surface area contributed by atoms with Crippen LogP contribution in [0.3, 0.4) is 0 Å². The van der Waals surface area contributed by atoms with Crippen molar-refractivity contribution in [3.05, 3.63) is 46.8 Å². The first kappa shape index (κ1) is 13.5. The Labute approximate surface area is 117 Å². The normalized spacial score (nSPS) is 10.5. The van der Waals surface area contributed by atoms with Crippen LogP contribution >= 0.6 is 11.8 Å². The van der Waals surface area contributed by atoms with Crippen molar-refractivity contribution in [1.29, 1.82) is 5.41 Å². The van der Waals surface area contributed by atoms with E-state index in [1.807, 2.05) is 39.0 Å². The van der Waals surface area contributed by atoms with E-state index < -0.39 is 0 Å². The van der Waals surface area contributed by atoms with Gasteiger partial charge >= 0.3 is 0 Å². The lowest BCUT2D eigenvalue weighted by Crippen LogP contribution is -2.14. The second-order valence-corrected chi connectivity index (χ2v) is 5.46. The van der Waals surface area contributed by atoms with Gasteiger partial charge in [-0.2, -0.15) is 0 Å². The molecule has 2 aromatic heterocycles. The van der Waals surface area contributed by atoms with Crippen molar-refractivity contribution in [1.82, 2.24) is 9.97 Å². The fraction of sp³-hybridized carbons (Fsp3) is 0.214. The number of nitrogens with one attached hydrogen (secondary N) is 1. The van der Waals surface area contributed by atoms with Crippen LogP contribution in [0.15, 0.2) is 34.4 Å². The van der Waals surface area contributed by atoms with Crippen LogP contribution in [-0.4, -0.2) is 15.8 Å². The molecule has 2 rings (SSSR count). The zero-order valence-corrected chi connectivity index (χ0v) is 12.0. The highest BCUT2D eigenvalue weighted by Crippen LogP contribution is 2.29. The lowest BCUT2D eigenvalue weighted by molar-refractivity contribution is 1.03. The molecule has 0 spiro atoms. The van der Waals surface area contributed by atoms with Gasteiger partial charge in [0.15, 0.2) is 0 Å². The predicted molar refractivity (Wildman–Crippen MR) is 77.8 cm³/mol. The molecule has 0 atom stereocenters. The average Bonchev–Trinajstić information content (AvgIpc) is 2.26. The van der Waals surface area contributed by atoms with Crippen LogP contribution in [0.5, 0.6) is 0 Å². The molecule has 0 unspecified atom stereocenters. The maximum atomic E-state index is 7.67. The van der Waals surface area contributed by atoms with Crippen LogP contribution in [-0.2, 0) is 0 Å². The number of aryl methyl sites for hydroxylation is 3. The quantitative estimate of drug-likeness (QED) is 0.665. The van der Waals surface area contributed by atoms with Gasteiger partial charge in [0.05, 0.1) is 5.56 Å². The van der Waals surface area contributed by atoms with Crippen molar-refractivity contribution < 1.29 is 0 Å². The van der Waals surface area contributed by atoms with Crippen LogP contribution < -0.4 is 5.73 Å². The Morgan fingerprint density at radius 2 is 2.00 bits per heavy atom. The molecule has 0 fully saturated rings. The summed E-state index contributed by atoms with van der Waals surface area (Å²) in [6, 6.07) is 5.89. The highest BCUT2D eigenvalue weighted by molar-refractivity contribution is 7.99. The van der Waals surface area contributed by atoms with E-state index in [-0.39, 0.29) is 5.84 Å². The molecule has 0 saturated heterocycles. The number of nitrogens with zero attached hydrogens (tertiary/aromatic N) is 2. The molecule has 0 amide bonds. The molecule has 0 aromatic carbocycles. The number of hydrogen-bond acceptors (Lipinski definition) is 4. The van der Waals surface area contributed by atoms with E-state index in [9.17, 15) is 0 Å². The van der Waals surface area contributed by atoms with Crippen LogP contribution in [0, 0.1) is 26.2 Å². The summed E-state index contributed by atoms with van der Waals surface area (Å²) in [6.07, 6.45) is 1.73. The zero-order chi connectivity index (χ0) is 14.0. The summed E-state index contributed by atoms with van der Waals surface area (Å²) in [5.41, 5.74) is 9.41. The average molecular weight is 272 g/mol. The van der Waals surface area contributed by atoms with E-state index in [2.05, 4.69) is 9.97 Å². The van der Waals surface area contributed by atoms with E-state index in [0.717, 1.165) is 26.9 Å². The van der Waals surface area contributed by atoms with Gasteiger partial charge in [-0.25, -0.2) is 9.97 Å². The van der Waals surface area contributed by atoms with Gasteiger partial charge in [-0.3, -0.25) is 5.41 Å². The van der Waals surface area contributed by atoms with E-state index >= 15 is 0 Å². The Kier molecular flexibility index (Phi) is 3.85. The summed E-state index contributed by atoms with van der Waals surface area (Å²) in [7, 11) is 0. The van der Waals surface area contributed by atoms with Crippen LogP contribution in [0.1, 0.15) is 22.4 Å². The Balaban J connectivity index is 2.43. The number of pyridine rings is 2. The minimum atomic E-state index is 0.0393.